The maximum absolute atomic E-state index is 11.0. The van der Waals surface area contributed by atoms with E-state index in [1.54, 1.807) is 0 Å². The van der Waals surface area contributed by atoms with Crippen molar-refractivity contribution in [2.45, 2.75) is 33.7 Å². The number of benzene rings is 1. The van der Waals surface area contributed by atoms with Crippen molar-refractivity contribution >= 4 is 23.2 Å². The molecular weight excluding hydrogens is 252 g/mol. The Balaban J connectivity index is 2.16. The van der Waals surface area contributed by atoms with E-state index in [1.165, 1.54) is 6.92 Å². The summed E-state index contributed by atoms with van der Waals surface area (Å²) in [4.78, 5) is 15.5. The Hall–Kier alpha value is -2.30. The molecule has 1 amide bonds. The van der Waals surface area contributed by atoms with E-state index in [0.717, 1.165) is 23.0 Å². The molecule has 1 aromatic carbocycles. The summed E-state index contributed by atoms with van der Waals surface area (Å²) >= 11 is 0. The van der Waals surface area contributed by atoms with E-state index in [0.29, 0.717) is 6.04 Å². The summed E-state index contributed by atoms with van der Waals surface area (Å²) in [5.74, 6) is 0.751. The Kier molecular flexibility index (Phi) is 4.08. The molecule has 2 rings (SSSR count). The van der Waals surface area contributed by atoms with Gasteiger partial charge in [-0.3, -0.25) is 4.79 Å². The molecule has 0 radical (unpaired) electrons. The van der Waals surface area contributed by atoms with Crippen LogP contribution in [-0.4, -0.2) is 15.5 Å². The summed E-state index contributed by atoms with van der Waals surface area (Å²) in [5, 5.41) is 6.04. The summed E-state index contributed by atoms with van der Waals surface area (Å²) in [6, 6.07) is 7.90. The van der Waals surface area contributed by atoms with Gasteiger partial charge < -0.3 is 15.2 Å². The number of nitrogens with one attached hydrogen (secondary N) is 2. The molecule has 0 spiro atoms. The quantitative estimate of drug-likeness (QED) is 0.896. The van der Waals surface area contributed by atoms with Gasteiger partial charge in [0.1, 0.15) is 0 Å². The van der Waals surface area contributed by atoms with Crippen molar-refractivity contribution in [1.82, 2.24) is 9.55 Å². The molecule has 20 heavy (non-hydrogen) atoms. The fourth-order valence-corrected chi connectivity index (χ4v) is 1.97. The molecule has 0 aliphatic carbocycles. The average Bonchev–Trinajstić information content (AvgIpc) is 2.72. The predicted octanol–water partition coefficient (Wildman–Crippen LogP) is 3.47. The Bertz CT molecular complexity index is 599. The second-order valence-electron chi connectivity index (χ2n) is 5.09. The number of carbonyl (C=O) groups excluding carboxylic acids is 1. The molecule has 2 aromatic rings. The number of hydrogen-bond acceptors (Lipinski definition) is 3. The van der Waals surface area contributed by atoms with Gasteiger partial charge in [-0.15, -0.1) is 0 Å². The molecule has 0 bridgehead atoms. The fourth-order valence-electron chi connectivity index (χ4n) is 1.97. The van der Waals surface area contributed by atoms with Crippen molar-refractivity contribution < 1.29 is 4.79 Å². The van der Waals surface area contributed by atoms with Crippen LogP contribution in [0.1, 0.15) is 32.5 Å². The van der Waals surface area contributed by atoms with E-state index in [4.69, 9.17) is 0 Å². The molecule has 0 saturated carbocycles. The predicted molar refractivity (Wildman–Crippen MR) is 81.4 cm³/mol. The van der Waals surface area contributed by atoms with Crippen LogP contribution in [0.3, 0.4) is 0 Å². The largest absolute Gasteiger partial charge is 0.326 e. The van der Waals surface area contributed by atoms with Crippen molar-refractivity contribution in [2.75, 3.05) is 10.6 Å². The second kappa shape index (κ2) is 5.77. The van der Waals surface area contributed by atoms with Gasteiger partial charge in [0.25, 0.3) is 0 Å². The van der Waals surface area contributed by atoms with Crippen molar-refractivity contribution in [2.24, 2.45) is 0 Å². The minimum atomic E-state index is -0.0725. The Labute approximate surface area is 119 Å². The van der Waals surface area contributed by atoms with Crippen molar-refractivity contribution in [3.05, 3.63) is 36.2 Å². The monoisotopic (exact) mass is 272 g/mol. The summed E-state index contributed by atoms with van der Waals surface area (Å²) < 4.78 is 2.09. The van der Waals surface area contributed by atoms with Crippen molar-refractivity contribution in [3.8, 4) is 0 Å². The zero-order chi connectivity index (χ0) is 14.7. The summed E-state index contributed by atoms with van der Waals surface area (Å²) in [6.07, 6.45) is 2.03. The average molecular weight is 272 g/mol. The van der Waals surface area contributed by atoms with Gasteiger partial charge in [0, 0.05) is 30.5 Å². The maximum Gasteiger partial charge on any atom is 0.221 e. The Morgan fingerprint density at radius 3 is 2.35 bits per heavy atom. The highest BCUT2D eigenvalue weighted by molar-refractivity contribution is 5.88. The lowest BCUT2D eigenvalue weighted by Crippen LogP contribution is -2.06. The molecule has 0 aliphatic rings. The van der Waals surface area contributed by atoms with E-state index in [2.05, 4.69) is 34.0 Å². The van der Waals surface area contributed by atoms with Gasteiger partial charge in [0.15, 0.2) is 0 Å². The lowest BCUT2D eigenvalue weighted by Gasteiger charge is -2.13. The van der Waals surface area contributed by atoms with Crippen molar-refractivity contribution in [3.63, 3.8) is 0 Å². The summed E-state index contributed by atoms with van der Waals surface area (Å²) in [5.41, 5.74) is 2.70. The molecule has 0 fully saturated rings. The SMILES string of the molecule is CC(=O)Nc1ccc(Nc2nc(C)cn2C(C)C)cc1. The zero-order valence-electron chi connectivity index (χ0n) is 12.3. The standard InChI is InChI=1S/C15H20N4O/c1-10(2)19-9-11(3)16-15(19)18-14-7-5-13(6-8-14)17-12(4)20/h5-10H,1-4H3,(H,16,18)(H,17,20). The number of aromatic nitrogens is 2. The van der Waals surface area contributed by atoms with Gasteiger partial charge in [-0.05, 0) is 45.0 Å². The maximum atomic E-state index is 11.0. The normalized spacial score (nSPS) is 10.7. The first-order chi connectivity index (χ1) is 9.45. The van der Waals surface area contributed by atoms with Gasteiger partial charge in [-0.1, -0.05) is 0 Å². The van der Waals surface area contributed by atoms with E-state index in [-0.39, 0.29) is 5.91 Å². The highest BCUT2D eigenvalue weighted by Gasteiger charge is 2.08. The van der Waals surface area contributed by atoms with Crippen LogP contribution in [0.15, 0.2) is 30.5 Å². The molecule has 1 heterocycles. The molecule has 0 atom stereocenters. The lowest BCUT2D eigenvalue weighted by atomic mass is 10.3. The highest BCUT2D eigenvalue weighted by Crippen LogP contribution is 2.21. The van der Waals surface area contributed by atoms with Crippen LogP contribution in [0, 0.1) is 6.92 Å². The minimum Gasteiger partial charge on any atom is -0.326 e. The molecular formula is C15H20N4O. The van der Waals surface area contributed by atoms with Crippen LogP contribution in [0.2, 0.25) is 0 Å². The van der Waals surface area contributed by atoms with E-state index in [1.807, 2.05) is 37.4 Å². The third-order valence-electron chi connectivity index (χ3n) is 2.87. The van der Waals surface area contributed by atoms with Gasteiger partial charge in [-0.2, -0.15) is 0 Å². The number of aryl methyl sites for hydroxylation is 1. The molecule has 5 heteroatoms. The molecule has 0 saturated heterocycles. The number of carbonyl (C=O) groups is 1. The minimum absolute atomic E-state index is 0.0725. The first-order valence-electron chi connectivity index (χ1n) is 6.66. The van der Waals surface area contributed by atoms with Gasteiger partial charge >= 0.3 is 0 Å². The fraction of sp³-hybridized carbons (Fsp3) is 0.333. The molecule has 1 aromatic heterocycles. The number of imidazole rings is 1. The third-order valence-corrected chi connectivity index (χ3v) is 2.87. The molecule has 2 N–H and O–H groups in total. The Morgan fingerprint density at radius 2 is 1.80 bits per heavy atom. The molecule has 0 aliphatic heterocycles. The van der Waals surface area contributed by atoms with Crippen LogP contribution < -0.4 is 10.6 Å². The van der Waals surface area contributed by atoms with Crippen LogP contribution in [0.5, 0.6) is 0 Å². The highest BCUT2D eigenvalue weighted by atomic mass is 16.1. The summed E-state index contributed by atoms with van der Waals surface area (Å²) in [6.45, 7) is 7.71. The first kappa shape index (κ1) is 14.1. The third kappa shape index (κ3) is 3.38. The van der Waals surface area contributed by atoms with Crippen LogP contribution in [0.25, 0.3) is 0 Å². The van der Waals surface area contributed by atoms with E-state index in [9.17, 15) is 4.79 Å². The van der Waals surface area contributed by atoms with E-state index < -0.39 is 0 Å². The lowest BCUT2D eigenvalue weighted by molar-refractivity contribution is -0.114. The number of nitrogens with zero attached hydrogens (tertiary/aromatic N) is 2. The zero-order valence-corrected chi connectivity index (χ0v) is 12.3. The van der Waals surface area contributed by atoms with Gasteiger partial charge in [0.2, 0.25) is 11.9 Å². The smallest absolute Gasteiger partial charge is 0.221 e. The number of hydrogen-bond donors (Lipinski definition) is 2. The molecule has 5 nitrogen and oxygen atoms in total. The van der Waals surface area contributed by atoms with E-state index >= 15 is 0 Å². The number of amides is 1. The van der Waals surface area contributed by atoms with Gasteiger partial charge in [-0.25, -0.2) is 4.98 Å². The van der Waals surface area contributed by atoms with Crippen LogP contribution in [-0.2, 0) is 4.79 Å². The Morgan fingerprint density at radius 1 is 1.20 bits per heavy atom. The van der Waals surface area contributed by atoms with Crippen LogP contribution >= 0.6 is 0 Å². The molecule has 106 valence electrons. The second-order valence-corrected chi connectivity index (χ2v) is 5.09. The van der Waals surface area contributed by atoms with Crippen LogP contribution in [0.4, 0.5) is 17.3 Å². The molecule has 0 unspecified atom stereocenters. The first-order valence-corrected chi connectivity index (χ1v) is 6.66. The number of anilines is 3. The number of rotatable bonds is 4. The summed E-state index contributed by atoms with van der Waals surface area (Å²) in [7, 11) is 0. The van der Waals surface area contributed by atoms with Crippen molar-refractivity contribution in [1.29, 1.82) is 0 Å². The topological polar surface area (TPSA) is 59.0 Å². The van der Waals surface area contributed by atoms with Gasteiger partial charge in [0.05, 0.1) is 5.69 Å².